The van der Waals surface area contributed by atoms with Gasteiger partial charge in [-0.25, -0.2) is 13.1 Å². The summed E-state index contributed by atoms with van der Waals surface area (Å²) in [5.74, 6) is 0.214. The molecule has 1 aliphatic carbocycles. The van der Waals surface area contributed by atoms with Crippen molar-refractivity contribution in [1.29, 1.82) is 0 Å². The van der Waals surface area contributed by atoms with Crippen molar-refractivity contribution < 1.29 is 8.42 Å². The van der Waals surface area contributed by atoms with Gasteiger partial charge < -0.3 is 4.57 Å². The van der Waals surface area contributed by atoms with E-state index in [9.17, 15) is 8.42 Å². The zero-order valence-electron chi connectivity index (χ0n) is 12.6. The molecule has 4 nitrogen and oxygen atoms in total. The predicted octanol–water partition coefficient (Wildman–Crippen LogP) is 2.37. The maximum Gasteiger partial charge on any atom is 0.211 e. The quantitative estimate of drug-likeness (QED) is 0.943. The highest BCUT2D eigenvalue weighted by atomic mass is 32.2. The van der Waals surface area contributed by atoms with Crippen molar-refractivity contribution in [1.82, 2.24) is 9.29 Å². The smallest absolute Gasteiger partial charge is 0.211 e. The van der Waals surface area contributed by atoms with E-state index in [1.165, 1.54) is 22.2 Å². The monoisotopic (exact) mass is 306 g/mol. The number of fused-ring (bicyclic) bond motifs is 3. The second kappa shape index (κ2) is 5.46. The maximum absolute atomic E-state index is 12.0. The average Bonchev–Trinajstić information content (AvgIpc) is 2.72. The van der Waals surface area contributed by atoms with Crippen LogP contribution >= 0.6 is 0 Å². The van der Waals surface area contributed by atoms with Crippen LogP contribution in [0.4, 0.5) is 0 Å². The lowest BCUT2D eigenvalue weighted by molar-refractivity contribution is 0.501. The summed E-state index contributed by atoms with van der Waals surface area (Å²) >= 11 is 0. The molecule has 0 saturated carbocycles. The first kappa shape index (κ1) is 14.6. The minimum absolute atomic E-state index is 0.0276. The highest BCUT2D eigenvalue weighted by Crippen LogP contribution is 2.31. The Morgan fingerprint density at radius 3 is 2.86 bits per heavy atom. The number of nitrogens with one attached hydrogen (secondary N) is 1. The van der Waals surface area contributed by atoms with Crippen LogP contribution in [-0.2, 0) is 29.9 Å². The van der Waals surface area contributed by atoms with Crippen molar-refractivity contribution >= 4 is 20.9 Å². The van der Waals surface area contributed by atoms with E-state index in [1.54, 1.807) is 0 Å². The van der Waals surface area contributed by atoms with E-state index in [-0.39, 0.29) is 11.8 Å². The van der Waals surface area contributed by atoms with Crippen molar-refractivity contribution in [3.05, 3.63) is 35.5 Å². The number of nitrogens with zero attached hydrogens (tertiary/aromatic N) is 1. The second-order valence-corrected chi connectivity index (χ2v) is 7.75. The number of hydrogen-bond donors (Lipinski definition) is 1. The van der Waals surface area contributed by atoms with Crippen LogP contribution in [0, 0.1) is 0 Å². The molecule has 1 aliphatic rings. The Balaban J connectivity index is 1.90. The van der Waals surface area contributed by atoms with Crippen LogP contribution in [0.3, 0.4) is 0 Å². The van der Waals surface area contributed by atoms with Gasteiger partial charge in [-0.3, -0.25) is 0 Å². The number of rotatable bonds is 4. The van der Waals surface area contributed by atoms with Crippen LogP contribution < -0.4 is 4.72 Å². The summed E-state index contributed by atoms with van der Waals surface area (Å²) in [6.07, 6.45) is 3.25. The lowest BCUT2D eigenvalue weighted by atomic mass is 9.92. The molecule has 0 spiro atoms. The lowest BCUT2D eigenvalue weighted by Crippen LogP contribution is -2.40. The predicted molar refractivity (Wildman–Crippen MR) is 85.9 cm³/mol. The van der Waals surface area contributed by atoms with Crippen LogP contribution in [-0.4, -0.2) is 24.8 Å². The van der Waals surface area contributed by atoms with E-state index < -0.39 is 10.0 Å². The molecule has 0 aliphatic heterocycles. The van der Waals surface area contributed by atoms with Gasteiger partial charge in [-0.15, -0.1) is 0 Å². The first-order valence-corrected chi connectivity index (χ1v) is 9.22. The molecule has 0 bridgehead atoms. The standard InChI is InChI=1S/C16H22N2O2S/c1-3-10-21(19,20)17-12-8-9-16-14(11-12)13-6-4-5-7-15(13)18(16)2/h4-7,12,17H,3,8-11H2,1-2H3. The molecule has 1 atom stereocenters. The lowest BCUT2D eigenvalue weighted by Gasteiger charge is -2.24. The third kappa shape index (κ3) is 2.72. The first-order chi connectivity index (χ1) is 10.0. The molecule has 1 aromatic carbocycles. The third-order valence-corrected chi connectivity index (χ3v) is 5.98. The first-order valence-electron chi connectivity index (χ1n) is 7.57. The number of aromatic nitrogens is 1. The third-order valence-electron chi connectivity index (χ3n) is 4.34. The normalized spacial score (nSPS) is 18.9. The van der Waals surface area contributed by atoms with Gasteiger partial charge in [0.2, 0.25) is 10.0 Å². The molecule has 0 radical (unpaired) electrons. The van der Waals surface area contributed by atoms with Crippen LogP contribution in [0.2, 0.25) is 0 Å². The van der Waals surface area contributed by atoms with E-state index >= 15 is 0 Å². The highest BCUT2D eigenvalue weighted by Gasteiger charge is 2.26. The largest absolute Gasteiger partial charge is 0.347 e. The molecule has 1 aromatic heterocycles. The fraction of sp³-hybridized carbons (Fsp3) is 0.500. The van der Waals surface area contributed by atoms with E-state index in [1.807, 2.05) is 13.0 Å². The minimum atomic E-state index is -3.14. The zero-order valence-corrected chi connectivity index (χ0v) is 13.4. The summed E-state index contributed by atoms with van der Waals surface area (Å²) < 4.78 is 29.1. The molecule has 114 valence electrons. The summed E-state index contributed by atoms with van der Waals surface area (Å²) in [6.45, 7) is 1.89. The van der Waals surface area contributed by atoms with Crippen LogP contribution in [0.5, 0.6) is 0 Å². The van der Waals surface area contributed by atoms with Crippen molar-refractivity contribution in [3.8, 4) is 0 Å². The molecule has 5 heteroatoms. The topological polar surface area (TPSA) is 51.1 Å². The summed E-state index contributed by atoms with van der Waals surface area (Å²) in [5, 5.41) is 1.26. The van der Waals surface area contributed by atoms with Gasteiger partial charge in [0, 0.05) is 29.7 Å². The molecule has 0 amide bonds. The fourth-order valence-electron chi connectivity index (χ4n) is 3.41. The minimum Gasteiger partial charge on any atom is -0.347 e. The zero-order chi connectivity index (χ0) is 15.0. The molecule has 0 saturated heterocycles. The molecular weight excluding hydrogens is 284 g/mol. The van der Waals surface area contributed by atoms with Gasteiger partial charge in [0.25, 0.3) is 0 Å². The molecule has 21 heavy (non-hydrogen) atoms. The van der Waals surface area contributed by atoms with Gasteiger partial charge in [-0.1, -0.05) is 25.1 Å². The van der Waals surface area contributed by atoms with Crippen LogP contribution in [0.25, 0.3) is 10.9 Å². The van der Waals surface area contributed by atoms with Crippen molar-refractivity contribution in [2.75, 3.05) is 5.75 Å². The summed E-state index contributed by atoms with van der Waals surface area (Å²) in [4.78, 5) is 0. The molecule has 2 aromatic rings. The van der Waals surface area contributed by atoms with Gasteiger partial charge in [0.05, 0.1) is 5.75 Å². The number of hydrogen-bond acceptors (Lipinski definition) is 2. The van der Waals surface area contributed by atoms with Gasteiger partial charge in [-0.05, 0) is 37.3 Å². The maximum atomic E-state index is 12.0. The summed E-state index contributed by atoms with van der Waals surface area (Å²) in [6, 6.07) is 8.39. The Labute approximate surface area is 126 Å². The molecule has 3 rings (SSSR count). The van der Waals surface area contributed by atoms with Crippen molar-refractivity contribution in [3.63, 3.8) is 0 Å². The Hall–Kier alpha value is -1.33. The number of para-hydroxylation sites is 1. The van der Waals surface area contributed by atoms with Crippen LogP contribution in [0.1, 0.15) is 31.0 Å². The van der Waals surface area contributed by atoms with E-state index in [0.29, 0.717) is 6.42 Å². The van der Waals surface area contributed by atoms with E-state index in [4.69, 9.17) is 0 Å². The van der Waals surface area contributed by atoms with Crippen molar-refractivity contribution in [2.24, 2.45) is 7.05 Å². The van der Waals surface area contributed by atoms with E-state index in [0.717, 1.165) is 19.3 Å². The van der Waals surface area contributed by atoms with Crippen molar-refractivity contribution in [2.45, 2.75) is 38.6 Å². The molecular formula is C16H22N2O2S. The van der Waals surface area contributed by atoms with E-state index in [2.05, 4.69) is 34.5 Å². The Kier molecular flexibility index (Phi) is 3.80. The van der Waals surface area contributed by atoms with Gasteiger partial charge in [-0.2, -0.15) is 0 Å². The SMILES string of the molecule is CCCS(=O)(=O)NC1CCc2c(c3ccccc3n2C)C1. The van der Waals surface area contributed by atoms with Crippen LogP contribution in [0.15, 0.2) is 24.3 Å². The molecule has 1 N–H and O–H groups in total. The Bertz CT molecular complexity index is 762. The Morgan fingerprint density at radius 2 is 2.10 bits per heavy atom. The summed E-state index contributed by atoms with van der Waals surface area (Å²) in [5.41, 5.74) is 3.89. The number of sulfonamides is 1. The number of aryl methyl sites for hydroxylation is 1. The summed E-state index contributed by atoms with van der Waals surface area (Å²) in [7, 11) is -1.04. The van der Waals surface area contributed by atoms with Gasteiger partial charge in [0.1, 0.15) is 0 Å². The fourth-order valence-corrected chi connectivity index (χ4v) is 4.78. The molecule has 0 fully saturated rings. The average molecular weight is 306 g/mol. The van der Waals surface area contributed by atoms with Gasteiger partial charge >= 0.3 is 0 Å². The van der Waals surface area contributed by atoms with Gasteiger partial charge in [0.15, 0.2) is 0 Å². The number of benzene rings is 1. The molecule has 1 heterocycles. The molecule has 1 unspecified atom stereocenters. The Morgan fingerprint density at radius 1 is 1.33 bits per heavy atom. The highest BCUT2D eigenvalue weighted by molar-refractivity contribution is 7.89. The second-order valence-electron chi connectivity index (χ2n) is 5.88.